The van der Waals surface area contributed by atoms with Crippen LogP contribution in [0.4, 0.5) is 0 Å². The lowest BCUT2D eigenvalue weighted by Crippen LogP contribution is -2.46. The molecule has 1 unspecified atom stereocenters. The van der Waals surface area contributed by atoms with Gasteiger partial charge in [-0.2, -0.15) is 0 Å². The number of hydrogen-bond donors (Lipinski definition) is 2. The SMILES string of the molecule is CC(C(C1CCNCC1)C1CCNCC1)N(C)C. The Balaban J connectivity index is 2.05. The second-order valence-corrected chi connectivity index (χ2v) is 6.46. The summed E-state index contributed by atoms with van der Waals surface area (Å²) in [6, 6.07) is 0.719. The van der Waals surface area contributed by atoms with Crippen molar-refractivity contribution in [2.45, 2.75) is 38.6 Å². The molecule has 18 heavy (non-hydrogen) atoms. The smallest absolute Gasteiger partial charge is 0.00944 e. The van der Waals surface area contributed by atoms with E-state index in [1.54, 1.807) is 0 Å². The number of piperidine rings is 2. The molecule has 0 radical (unpaired) electrons. The normalized spacial score (nSPS) is 25.8. The molecule has 2 heterocycles. The predicted molar refractivity (Wildman–Crippen MR) is 77.8 cm³/mol. The van der Waals surface area contributed by atoms with E-state index in [4.69, 9.17) is 0 Å². The molecule has 1 atom stereocenters. The Kier molecular flexibility index (Phi) is 5.46. The average molecular weight is 253 g/mol. The summed E-state index contributed by atoms with van der Waals surface area (Å²) >= 11 is 0. The first-order chi connectivity index (χ1) is 8.70. The van der Waals surface area contributed by atoms with E-state index < -0.39 is 0 Å². The average Bonchev–Trinajstić information content (AvgIpc) is 2.41. The van der Waals surface area contributed by atoms with Crippen LogP contribution in [0.25, 0.3) is 0 Å². The molecule has 106 valence electrons. The van der Waals surface area contributed by atoms with Gasteiger partial charge in [0.2, 0.25) is 0 Å². The van der Waals surface area contributed by atoms with Crippen LogP contribution in [0.2, 0.25) is 0 Å². The quantitative estimate of drug-likeness (QED) is 0.796. The first-order valence-electron chi connectivity index (χ1n) is 7.78. The van der Waals surface area contributed by atoms with Crippen LogP contribution in [-0.4, -0.2) is 51.2 Å². The van der Waals surface area contributed by atoms with Crippen LogP contribution >= 0.6 is 0 Å². The Morgan fingerprint density at radius 3 is 1.56 bits per heavy atom. The Morgan fingerprint density at radius 2 is 1.22 bits per heavy atom. The maximum Gasteiger partial charge on any atom is 0.00944 e. The van der Waals surface area contributed by atoms with Gasteiger partial charge in [-0.05, 0) is 90.6 Å². The van der Waals surface area contributed by atoms with E-state index in [1.807, 2.05) is 0 Å². The third-order valence-corrected chi connectivity index (χ3v) is 5.23. The number of hydrogen-bond acceptors (Lipinski definition) is 3. The van der Waals surface area contributed by atoms with Crippen LogP contribution in [0, 0.1) is 17.8 Å². The van der Waals surface area contributed by atoms with E-state index in [0.29, 0.717) is 0 Å². The molecule has 2 aliphatic rings. The minimum absolute atomic E-state index is 0.719. The molecule has 0 saturated carbocycles. The van der Waals surface area contributed by atoms with E-state index in [1.165, 1.54) is 51.9 Å². The summed E-state index contributed by atoms with van der Waals surface area (Å²) in [5.41, 5.74) is 0. The van der Waals surface area contributed by atoms with Crippen molar-refractivity contribution in [1.82, 2.24) is 15.5 Å². The molecular weight excluding hydrogens is 222 g/mol. The fourth-order valence-electron chi connectivity index (χ4n) is 3.98. The van der Waals surface area contributed by atoms with Crippen LogP contribution in [0.3, 0.4) is 0 Å². The standard InChI is InChI=1S/C15H31N3/c1-12(18(2)3)15(13-4-8-16-9-5-13)14-6-10-17-11-7-14/h12-17H,4-11H2,1-3H3. The van der Waals surface area contributed by atoms with E-state index in [2.05, 4.69) is 36.6 Å². The van der Waals surface area contributed by atoms with Crippen molar-refractivity contribution in [2.24, 2.45) is 17.8 Å². The van der Waals surface area contributed by atoms with Crippen LogP contribution in [0.1, 0.15) is 32.6 Å². The summed E-state index contributed by atoms with van der Waals surface area (Å²) in [6.45, 7) is 7.35. The van der Waals surface area contributed by atoms with Gasteiger partial charge in [-0.15, -0.1) is 0 Å². The molecule has 0 amide bonds. The van der Waals surface area contributed by atoms with Crippen LogP contribution < -0.4 is 10.6 Å². The highest BCUT2D eigenvalue weighted by atomic mass is 15.1. The summed E-state index contributed by atoms with van der Waals surface area (Å²) < 4.78 is 0. The number of nitrogens with zero attached hydrogens (tertiary/aromatic N) is 1. The Labute approximate surface area is 113 Å². The molecular formula is C15H31N3. The molecule has 3 heteroatoms. The monoisotopic (exact) mass is 253 g/mol. The largest absolute Gasteiger partial charge is 0.317 e. The topological polar surface area (TPSA) is 27.3 Å². The van der Waals surface area contributed by atoms with Crippen molar-refractivity contribution in [2.75, 3.05) is 40.3 Å². The highest BCUT2D eigenvalue weighted by Gasteiger charge is 2.35. The Bertz CT molecular complexity index is 212. The van der Waals surface area contributed by atoms with E-state index in [9.17, 15) is 0 Å². The van der Waals surface area contributed by atoms with Crippen LogP contribution in [0.5, 0.6) is 0 Å². The van der Waals surface area contributed by atoms with Gasteiger partial charge in [0.1, 0.15) is 0 Å². The zero-order valence-electron chi connectivity index (χ0n) is 12.4. The molecule has 0 aromatic carbocycles. The van der Waals surface area contributed by atoms with Gasteiger partial charge < -0.3 is 15.5 Å². The van der Waals surface area contributed by atoms with Gasteiger partial charge in [0, 0.05) is 6.04 Å². The summed E-state index contributed by atoms with van der Waals surface area (Å²) in [5, 5.41) is 7.03. The first kappa shape index (κ1) is 14.3. The van der Waals surface area contributed by atoms with Crippen LogP contribution in [-0.2, 0) is 0 Å². The van der Waals surface area contributed by atoms with Gasteiger partial charge in [-0.1, -0.05) is 0 Å². The molecule has 2 N–H and O–H groups in total. The third-order valence-electron chi connectivity index (χ3n) is 5.23. The van der Waals surface area contributed by atoms with Gasteiger partial charge in [-0.25, -0.2) is 0 Å². The van der Waals surface area contributed by atoms with E-state index in [0.717, 1.165) is 23.8 Å². The van der Waals surface area contributed by atoms with Crippen molar-refractivity contribution >= 4 is 0 Å². The molecule has 2 fully saturated rings. The molecule has 0 spiro atoms. The highest BCUT2D eigenvalue weighted by molar-refractivity contribution is 4.88. The molecule has 2 saturated heterocycles. The minimum Gasteiger partial charge on any atom is -0.317 e. The molecule has 3 nitrogen and oxygen atoms in total. The number of rotatable bonds is 4. The maximum absolute atomic E-state index is 3.51. The van der Waals surface area contributed by atoms with Gasteiger partial charge in [0.15, 0.2) is 0 Å². The Hall–Kier alpha value is -0.120. The first-order valence-corrected chi connectivity index (χ1v) is 7.78. The third kappa shape index (κ3) is 3.46. The lowest BCUT2D eigenvalue weighted by atomic mass is 9.70. The molecule has 2 rings (SSSR count). The number of nitrogens with one attached hydrogen (secondary N) is 2. The fraction of sp³-hybridized carbons (Fsp3) is 1.00. The summed E-state index contributed by atoms with van der Waals surface area (Å²) in [5.74, 6) is 2.77. The second kappa shape index (κ2) is 6.88. The van der Waals surface area contributed by atoms with Gasteiger partial charge in [0.05, 0.1) is 0 Å². The minimum atomic E-state index is 0.719. The zero-order chi connectivity index (χ0) is 13.0. The lowest BCUT2D eigenvalue weighted by Gasteiger charge is -2.43. The summed E-state index contributed by atoms with van der Waals surface area (Å²) in [7, 11) is 4.50. The van der Waals surface area contributed by atoms with Gasteiger partial charge >= 0.3 is 0 Å². The molecule has 0 aromatic heterocycles. The van der Waals surface area contributed by atoms with Gasteiger partial charge in [-0.3, -0.25) is 0 Å². The van der Waals surface area contributed by atoms with Crippen molar-refractivity contribution in [3.8, 4) is 0 Å². The Morgan fingerprint density at radius 1 is 0.833 bits per heavy atom. The summed E-state index contributed by atoms with van der Waals surface area (Å²) in [4.78, 5) is 2.44. The van der Waals surface area contributed by atoms with Crippen molar-refractivity contribution in [3.05, 3.63) is 0 Å². The van der Waals surface area contributed by atoms with E-state index >= 15 is 0 Å². The lowest BCUT2D eigenvalue weighted by molar-refractivity contribution is 0.0758. The molecule has 2 aliphatic heterocycles. The van der Waals surface area contributed by atoms with Crippen LogP contribution in [0.15, 0.2) is 0 Å². The fourth-order valence-corrected chi connectivity index (χ4v) is 3.98. The predicted octanol–water partition coefficient (Wildman–Crippen LogP) is 1.55. The molecule has 0 bridgehead atoms. The van der Waals surface area contributed by atoms with Crippen molar-refractivity contribution < 1.29 is 0 Å². The zero-order valence-corrected chi connectivity index (χ0v) is 12.4. The van der Waals surface area contributed by atoms with Crippen molar-refractivity contribution in [3.63, 3.8) is 0 Å². The highest BCUT2D eigenvalue weighted by Crippen LogP contribution is 2.36. The second-order valence-electron chi connectivity index (χ2n) is 6.46. The maximum atomic E-state index is 3.51. The molecule has 0 aromatic rings. The van der Waals surface area contributed by atoms with Gasteiger partial charge in [0.25, 0.3) is 0 Å². The molecule has 0 aliphatic carbocycles. The summed E-state index contributed by atoms with van der Waals surface area (Å²) in [6.07, 6.45) is 5.53. The van der Waals surface area contributed by atoms with Crippen molar-refractivity contribution in [1.29, 1.82) is 0 Å². The van der Waals surface area contributed by atoms with E-state index in [-0.39, 0.29) is 0 Å².